The van der Waals surface area contributed by atoms with Crippen molar-refractivity contribution in [3.05, 3.63) is 16.4 Å². The van der Waals surface area contributed by atoms with Crippen molar-refractivity contribution < 1.29 is 22.7 Å². The molecule has 1 aromatic heterocycles. The third-order valence-corrected chi connectivity index (χ3v) is 3.10. The molecular formula is C10H12ClF3N4O2. The first kappa shape index (κ1) is 15.1. The highest BCUT2D eigenvalue weighted by molar-refractivity contribution is 6.34. The normalized spacial score (nSPS) is 17.2. The highest BCUT2D eigenvalue weighted by atomic mass is 35.5. The minimum Gasteiger partial charge on any atom is -0.379 e. The molecule has 6 nitrogen and oxygen atoms in total. The Morgan fingerprint density at radius 1 is 1.40 bits per heavy atom. The van der Waals surface area contributed by atoms with Crippen LogP contribution < -0.4 is 5.43 Å². The van der Waals surface area contributed by atoms with Crippen LogP contribution in [0.25, 0.3) is 0 Å². The van der Waals surface area contributed by atoms with Crippen molar-refractivity contribution in [2.45, 2.75) is 6.18 Å². The minimum atomic E-state index is -4.70. The standard InChI is InChI=1S/C10H12ClF3N4O2/c1-17-7(6(11)8(15-17)10(12,13)14)9(19)16-18-2-4-20-5-3-18/h2-5H2,1H3,(H,16,19). The lowest BCUT2D eigenvalue weighted by atomic mass is 10.3. The summed E-state index contributed by atoms with van der Waals surface area (Å²) >= 11 is 5.62. The van der Waals surface area contributed by atoms with Crippen LogP contribution in [-0.4, -0.2) is 47.0 Å². The Bertz CT molecular complexity index is 511. The molecule has 1 aromatic rings. The maximum atomic E-state index is 12.6. The molecule has 0 aromatic carbocycles. The highest BCUT2D eigenvalue weighted by Crippen LogP contribution is 2.35. The second-order valence-electron chi connectivity index (χ2n) is 4.17. The third kappa shape index (κ3) is 3.05. The number of hydrogen-bond acceptors (Lipinski definition) is 4. The summed E-state index contributed by atoms with van der Waals surface area (Å²) in [4.78, 5) is 12.0. The van der Waals surface area contributed by atoms with Gasteiger partial charge in [-0.2, -0.15) is 18.3 Å². The smallest absolute Gasteiger partial charge is 0.379 e. The number of morpholine rings is 1. The van der Waals surface area contributed by atoms with Gasteiger partial charge in [0.25, 0.3) is 5.91 Å². The van der Waals surface area contributed by atoms with Crippen LogP contribution in [0.15, 0.2) is 0 Å². The van der Waals surface area contributed by atoms with Gasteiger partial charge in [-0.3, -0.25) is 14.9 Å². The van der Waals surface area contributed by atoms with Gasteiger partial charge in [0.15, 0.2) is 5.69 Å². The lowest BCUT2D eigenvalue weighted by molar-refractivity contribution is -0.141. The van der Waals surface area contributed by atoms with E-state index in [0.29, 0.717) is 26.3 Å². The quantitative estimate of drug-likeness (QED) is 0.887. The number of nitrogens with one attached hydrogen (secondary N) is 1. The molecule has 0 unspecified atom stereocenters. The number of ether oxygens (including phenoxy) is 1. The van der Waals surface area contributed by atoms with Crippen molar-refractivity contribution >= 4 is 17.5 Å². The summed E-state index contributed by atoms with van der Waals surface area (Å²) in [5.74, 6) is -0.734. The van der Waals surface area contributed by atoms with Crippen molar-refractivity contribution in [2.75, 3.05) is 26.3 Å². The SMILES string of the molecule is Cn1nc(C(F)(F)F)c(Cl)c1C(=O)NN1CCOCC1. The number of halogens is 4. The number of aryl methyl sites for hydroxylation is 1. The van der Waals surface area contributed by atoms with Gasteiger partial charge < -0.3 is 4.74 Å². The minimum absolute atomic E-state index is 0.328. The van der Waals surface area contributed by atoms with Gasteiger partial charge in [0.2, 0.25) is 0 Å². The number of rotatable bonds is 2. The summed E-state index contributed by atoms with van der Waals surface area (Å²) in [5.41, 5.74) is 0.885. The Labute approximate surface area is 117 Å². The first-order valence-electron chi connectivity index (χ1n) is 5.74. The van der Waals surface area contributed by atoms with Crippen molar-refractivity contribution in [3.8, 4) is 0 Å². The number of alkyl halides is 3. The van der Waals surface area contributed by atoms with Crippen molar-refractivity contribution in [1.29, 1.82) is 0 Å². The van der Waals surface area contributed by atoms with Gasteiger partial charge in [0, 0.05) is 20.1 Å². The molecule has 10 heteroatoms. The molecular weight excluding hydrogens is 301 g/mol. The summed E-state index contributed by atoms with van der Waals surface area (Å²) in [6.07, 6.45) is -4.70. The zero-order valence-electron chi connectivity index (χ0n) is 10.5. The average Bonchev–Trinajstić information content (AvgIpc) is 2.66. The molecule has 1 aliphatic heterocycles. The fraction of sp³-hybridized carbons (Fsp3) is 0.600. The Morgan fingerprint density at radius 2 is 2.00 bits per heavy atom. The van der Waals surface area contributed by atoms with E-state index in [0.717, 1.165) is 4.68 Å². The summed E-state index contributed by atoms with van der Waals surface area (Å²) < 4.78 is 43.9. The van der Waals surface area contributed by atoms with Gasteiger partial charge >= 0.3 is 6.18 Å². The fourth-order valence-electron chi connectivity index (χ4n) is 1.80. The second kappa shape index (κ2) is 5.58. The van der Waals surface area contributed by atoms with Gasteiger partial charge in [0.1, 0.15) is 10.7 Å². The van der Waals surface area contributed by atoms with Gasteiger partial charge in [0.05, 0.1) is 13.2 Å². The first-order valence-corrected chi connectivity index (χ1v) is 6.12. The Kier molecular flexibility index (Phi) is 4.21. The number of hydrogen-bond donors (Lipinski definition) is 1. The van der Waals surface area contributed by atoms with E-state index >= 15 is 0 Å². The number of nitrogens with zero attached hydrogens (tertiary/aromatic N) is 3. The van der Waals surface area contributed by atoms with Gasteiger partial charge in [-0.05, 0) is 0 Å². The van der Waals surface area contributed by atoms with E-state index < -0.39 is 22.8 Å². The molecule has 1 saturated heterocycles. The van der Waals surface area contributed by atoms with E-state index in [1.54, 1.807) is 5.01 Å². The Morgan fingerprint density at radius 3 is 2.50 bits per heavy atom. The van der Waals surface area contributed by atoms with E-state index in [9.17, 15) is 18.0 Å². The third-order valence-electron chi connectivity index (χ3n) is 2.74. The van der Waals surface area contributed by atoms with Gasteiger partial charge in [-0.25, -0.2) is 5.01 Å². The summed E-state index contributed by atoms with van der Waals surface area (Å²) in [6.45, 7) is 1.78. The molecule has 20 heavy (non-hydrogen) atoms. The molecule has 112 valence electrons. The van der Waals surface area contributed by atoms with Crippen molar-refractivity contribution in [3.63, 3.8) is 0 Å². The van der Waals surface area contributed by atoms with Crippen LogP contribution in [0.4, 0.5) is 13.2 Å². The van der Waals surface area contributed by atoms with E-state index in [1.165, 1.54) is 7.05 Å². The molecule has 0 atom stereocenters. The second-order valence-corrected chi connectivity index (χ2v) is 4.55. The molecule has 2 rings (SSSR count). The Balaban J connectivity index is 2.19. The van der Waals surface area contributed by atoms with Crippen LogP contribution in [0.1, 0.15) is 16.2 Å². The van der Waals surface area contributed by atoms with Crippen LogP contribution in [0.5, 0.6) is 0 Å². The van der Waals surface area contributed by atoms with E-state index in [-0.39, 0.29) is 5.69 Å². The zero-order valence-corrected chi connectivity index (χ0v) is 11.3. The Hall–Kier alpha value is -1.32. The highest BCUT2D eigenvalue weighted by Gasteiger charge is 2.39. The maximum Gasteiger partial charge on any atom is 0.436 e. The molecule has 0 bridgehead atoms. The number of aromatic nitrogens is 2. The van der Waals surface area contributed by atoms with Crippen LogP contribution in [0, 0.1) is 0 Å². The fourth-order valence-corrected chi connectivity index (χ4v) is 2.15. The van der Waals surface area contributed by atoms with Crippen LogP contribution in [0.2, 0.25) is 5.02 Å². The molecule has 1 amide bonds. The first-order chi connectivity index (χ1) is 9.30. The zero-order chi connectivity index (χ0) is 14.9. The summed E-state index contributed by atoms with van der Waals surface area (Å²) in [7, 11) is 1.23. The van der Waals surface area contributed by atoms with Crippen molar-refractivity contribution in [2.24, 2.45) is 7.05 Å². The van der Waals surface area contributed by atoms with Crippen molar-refractivity contribution in [1.82, 2.24) is 20.2 Å². The molecule has 2 heterocycles. The number of carbonyl (C=O) groups is 1. The van der Waals surface area contributed by atoms with Crippen LogP contribution in [-0.2, 0) is 18.0 Å². The molecule has 0 spiro atoms. The number of hydrazine groups is 1. The number of carbonyl (C=O) groups excluding carboxylic acids is 1. The molecule has 1 N–H and O–H groups in total. The molecule has 0 radical (unpaired) electrons. The van der Waals surface area contributed by atoms with Crippen LogP contribution in [0.3, 0.4) is 0 Å². The van der Waals surface area contributed by atoms with Gasteiger partial charge in [-0.15, -0.1) is 0 Å². The van der Waals surface area contributed by atoms with Crippen LogP contribution >= 0.6 is 11.6 Å². The molecule has 0 saturated carbocycles. The molecule has 1 fully saturated rings. The van der Waals surface area contributed by atoms with E-state index in [4.69, 9.17) is 16.3 Å². The van der Waals surface area contributed by atoms with Gasteiger partial charge in [-0.1, -0.05) is 11.6 Å². The average molecular weight is 313 g/mol. The predicted octanol–water partition coefficient (Wildman–Crippen LogP) is 1.07. The topological polar surface area (TPSA) is 59.4 Å². The summed E-state index contributed by atoms with van der Waals surface area (Å²) in [6, 6.07) is 0. The largest absolute Gasteiger partial charge is 0.436 e. The lowest BCUT2D eigenvalue weighted by Gasteiger charge is -2.26. The predicted molar refractivity (Wildman–Crippen MR) is 63.1 cm³/mol. The van der Waals surface area contributed by atoms with E-state index in [1.807, 2.05) is 0 Å². The maximum absolute atomic E-state index is 12.6. The molecule has 0 aliphatic carbocycles. The summed E-state index contributed by atoms with van der Waals surface area (Å²) in [5, 5.41) is 4.11. The molecule has 1 aliphatic rings. The van der Waals surface area contributed by atoms with E-state index in [2.05, 4.69) is 10.5 Å². The number of amides is 1. The lowest BCUT2D eigenvalue weighted by Crippen LogP contribution is -2.48. The monoisotopic (exact) mass is 312 g/mol.